The second-order valence-electron chi connectivity index (χ2n) is 6.39. The average Bonchev–Trinajstić information content (AvgIpc) is 3.32. The van der Waals surface area contributed by atoms with E-state index in [4.69, 9.17) is 4.52 Å². The van der Waals surface area contributed by atoms with Crippen LogP contribution in [0, 0.1) is 6.92 Å². The molecular weight excluding hydrogens is 334 g/mol. The summed E-state index contributed by atoms with van der Waals surface area (Å²) < 4.78 is 5.49. The number of likely N-dealkylation sites (tertiary alicyclic amines) is 1. The first-order chi connectivity index (χ1) is 12.2. The van der Waals surface area contributed by atoms with Gasteiger partial charge >= 0.3 is 0 Å². The van der Waals surface area contributed by atoms with Crippen molar-refractivity contribution in [1.82, 2.24) is 15.0 Å². The molecule has 128 valence electrons. The molecule has 1 aliphatic rings. The fourth-order valence-electron chi connectivity index (χ4n) is 3.23. The van der Waals surface area contributed by atoms with Gasteiger partial charge in [-0.05, 0) is 43.3 Å². The molecule has 0 radical (unpaired) electrons. The molecular formula is C19H19N3O2S. The molecule has 1 aromatic carbocycles. The minimum atomic E-state index is 0.0754. The summed E-state index contributed by atoms with van der Waals surface area (Å²) in [6.45, 7) is 3.40. The molecule has 0 N–H and O–H groups in total. The van der Waals surface area contributed by atoms with Crippen molar-refractivity contribution in [2.24, 2.45) is 0 Å². The number of carbonyl (C=O) groups is 1. The van der Waals surface area contributed by atoms with Crippen LogP contribution in [-0.4, -0.2) is 34.0 Å². The molecule has 0 bridgehead atoms. The maximum absolute atomic E-state index is 12.8. The van der Waals surface area contributed by atoms with E-state index in [-0.39, 0.29) is 11.8 Å². The maximum atomic E-state index is 12.8. The SMILES string of the molecule is Cc1cccc(C(=O)N2CCCC(c3nc(-c4cccs4)no3)C2)c1. The second-order valence-corrected chi connectivity index (χ2v) is 7.34. The number of hydrogen-bond donors (Lipinski definition) is 0. The lowest BCUT2D eigenvalue weighted by Gasteiger charge is -2.31. The number of carbonyl (C=O) groups excluding carboxylic acids is 1. The van der Waals surface area contributed by atoms with Crippen LogP contribution in [0.5, 0.6) is 0 Å². The van der Waals surface area contributed by atoms with Crippen LogP contribution < -0.4 is 0 Å². The molecule has 1 atom stereocenters. The Morgan fingerprint density at radius 3 is 3.04 bits per heavy atom. The van der Waals surface area contributed by atoms with Gasteiger partial charge in [-0.1, -0.05) is 28.9 Å². The number of rotatable bonds is 3. The first-order valence-corrected chi connectivity index (χ1v) is 9.32. The third-order valence-corrected chi connectivity index (χ3v) is 5.37. The lowest BCUT2D eigenvalue weighted by Crippen LogP contribution is -2.39. The molecule has 0 aliphatic carbocycles. The van der Waals surface area contributed by atoms with E-state index >= 15 is 0 Å². The Labute approximate surface area is 150 Å². The predicted octanol–water partition coefficient (Wildman–Crippen LogP) is 4.13. The van der Waals surface area contributed by atoms with E-state index in [0.29, 0.717) is 18.3 Å². The van der Waals surface area contributed by atoms with E-state index in [1.807, 2.05) is 53.6 Å². The van der Waals surface area contributed by atoms with Crippen molar-refractivity contribution in [2.75, 3.05) is 13.1 Å². The van der Waals surface area contributed by atoms with Gasteiger partial charge in [0.15, 0.2) is 0 Å². The van der Waals surface area contributed by atoms with Crippen LogP contribution in [0.25, 0.3) is 10.7 Å². The Hall–Kier alpha value is -2.47. The zero-order valence-corrected chi connectivity index (χ0v) is 14.8. The Morgan fingerprint density at radius 1 is 1.32 bits per heavy atom. The molecule has 4 rings (SSSR count). The molecule has 1 fully saturated rings. The highest BCUT2D eigenvalue weighted by atomic mass is 32.1. The molecule has 0 spiro atoms. The summed E-state index contributed by atoms with van der Waals surface area (Å²) in [7, 11) is 0. The number of benzene rings is 1. The summed E-state index contributed by atoms with van der Waals surface area (Å²) >= 11 is 1.59. The maximum Gasteiger partial charge on any atom is 0.253 e. The summed E-state index contributed by atoms with van der Waals surface area (Å²) in [6, 6.07) is 11.7. The number of amides is 1. The number of aromatic nitrogens is 2. The van der Waals surface area contributed by atoms with Gasteiger partial charge in [-0.25, -0.2) is 0 Å². The first-order valence-electron chi connectivity index (χ1n) is 8.44. The minimum absolute atomic E-state index is 0.0754. The summed E-state index contributed by atoms with van der Waals surface area (Å²) in [5.41, 5.74) is 1.84. The summed E-state index contributed by atoms with van der Waals surface area (Å²) in [5, 5.41) is 6.09. The van der Waals surface area contributed by atoms with E-state index in [1.165, 1.54) is 0 Å². The highest BCUT2D eigenvalue weighted by Gasteiger charge is 2.29. The molecule has 0 saturated carbocycles. The zero-order valence-electron chi connectivity index (χ0n) is 14.0. The van der Waals surface area contributed by atoms with Crippen molar-refractivity contribution in [3.8, 4) is 10.7 Å². The number of nitrogens with zero attached hydrogens (tertiary/aromatic N) is 3. The van der Waals surface area contributed by atoms with Crippen LogP contribution in [0.15, 0.2) is 46.3 Å². The van der Waals surface area contributed by atoms with E-state index < -0.39 is 0 Å². The smallest absolute Gasteiger partial charge is 0.253 e. The van der Waals surface area contributed by atoms with Crippen LogP contribution >= 0.6 is 11.3 Å². The van der Waals surface area contributed by atoms with Crippen molar-refractivity contribution in [2.45, 2.75) is 25.7 Å². The van der Waals surface area contributed by atoms with Crippen molar-refractivity contribution < 1.29 is 9.32 Å². The summed E-state index contributed by atoms with van der Waals surface area (Å²) in [4.78, 5) is 20.2. The molecule has 25 heavy (non-hydrogen) atoms. The van der Waals surface area contributed by atoms with Gasteiger partial charge in [-0.3, -0.25) is 4.79 Å². The Kier molecular flexibility index (Phi) is 4.36. The minimum Gasteiger partial charge on any atom is -0.339 e. The standard InChI is InChI=1S/C19H19N3O2S/c1-13-5-2-6-14(11-13)19(23)22-9-3-7-15(12-22)18-20-17(21-24-18)16-8-4-10-25-16/h2,4-6,8,10-11,15H,3,7,9,12H2,1H3. The molecule has 1 saturated heterocycles. The van der Waals surface area contributed by atoms with Crippen molar-refractivity contribution in [3.05, 3.63) is 58.8 Å². The molecule has 3 aromatic rings. The third-order valence-electron chi connectivity index (χ3n) is 4.51. The van der Waals surface area contributed by atoms with Crippen LogP contribution in [-0.2, 0) is 0 Å². The third kappa shape index (κ3) is 3.35. The molecule has 2 aromatic heterocycles. The van der Waals surface area contributed by atoms with Gasteiger partial charge in [0, 0.05) is 18.7 Å². The van der Waals surface area contributed by atoms with Gasteiger partial charge in [-0.2, -0.15) is 4.98 Å². The van der Waals surface area contributed by atoms with Gasteiger partial charge in [-0.15, -0.1) is 11.3 Å². The summed E-state index contributed by atoms with van der Waals surface area (Å²) in [5.74, 6) is 1.44. The van der Waals surface area contributed by atoms with Gasteiger partial charge < -0.3 is 9.42 Å². The van der Waals surface area contributed by atoms with Crippen molar-refractivity contribution in [1.29, 1.82) is 0 Å². The monoisotopic (exact) mass is 353 g/mol. The number of hydrogen-bond acceptors (Lipinski definition) is 5. The van der Waals surface area contributed by atoms with Crippen LogP contribution in [0.2, 0.25) is 0 Å². The van der Waals surface area contributed by atoms with E-state index in [2.05, 4.69) is 10.1 Å². The average molecular weight is 353 g/mol. The molecule has 6 heteroatoms. The van der Waals surface area contributed by atoms with E-state index in [0.717, 1.165) is 35.4 Å². The number of thiophene rings is 1. The van der Waals surface area contributed by atoms with Crippen molar-refractivity contribution in [3.63, 3.8) is 0 Å². The quantitative estimate of drug-likeness (QED) is 0.710. The van der Waals surface area contributed by atoms with E-state index in [1.54, 1.807) is 11.3 Å². The lowest BCUT2D eigenvalue weighted by molar-refractivity contribution is 0.0695. The molecule has 1 unspecified atom stereocenters. The van der Waals surface area contributed by atoms with Gasteiger partial charge in [0.25, 0.3) is 5.91 Å². The van der Waals surface area contributed by atoms with Gasteiger partial charge in [0.1, 0.15) is 0 Å². The normalized spacial score (nSPS) is 17.6. The fraction of sp³-hybridized carbons (Fsp3) is 0.316. The van der Waals surface area contributed by atoms with Gasteiger partial charge in [0.05, 0.1) is 10.8 Å². The largest absolute Gasteiger partial charge is 0.339 e. The molecule has 1 aliphatic heterocycles. The number of aryl methyl sites for hydroxylation is 1. The summed E-state index contributed by atoms with van der Waals surface area (Å²) in [6.07, 6.45) is 1.91. The Balaban J connectivity index is 1.50. The number of piperidine rings is 1. The van der Waals surface area contributed by atoms with Crippen molar-refractivity contribution >= 4 is 17.2 Å². The van der Waals surface area contributed by atoms with Crippen LogP contribution in [0.1, 0.15) is 40.6 Å². The first kappa shape index (κ1) is 16.0. The Bertz CT molecular complexity index is 872. The topological polar surface area (TPSA) is 59.2 Å². The predicted molar refractivity (Wildman–Crippen MR) is 96.7 cm³/mol. The Morgan fingerprint density at radius 2 is 2.24 bits per heavy atom. The van der Waals surface area contributed by atoms with Gasteiger partial charge in [0.2, 0.25) is 11.7 Å². The highest BCUT2D eigenvalue weighted by molar-refractivity contribution is 7.13. The zero-order chi connectivity index (χ0) is 17.2. The molecule has 1 amide bonds. The van der Waals surface area contributed by atoms with Crippen LogP contribution in [0.4, 0.5) is 0 Å². The lowest BCUT2D eigenvalue weighted by atomic mass is 9.97. The molecule has 5 nitrogen and oxygen atoms in total. The fourth-order valence-corrected chi connectivity index (χ4v) is 3.88. The van der Waals surface area contributed by atoms with E-state index in [9.17, 15) is 4.79 Å². The highest BCUT2D eigenvalue weighted by Crippen LogP contribution is 2.29. The molecule has 3 heterocycles. The second kappa shape index (κ2) is 6.80. The van der Waals surface area contributed by atoms with Crippen LogP contribution in [0.3, 0.4) is 0 Å².